The molecule has 2 aliphatic rings. The number of aromatic nitrogens is 1. The van der Waals surface area contributed by atoms with E-state index in [1.807, 2.05) is 4.90 Å². The molecule has 0 bridgehead atoms. The maximum atomic E-state index is 12.5. The summed E-state index contributed by atoms with van der Waals surface area (Å²) >= 11 is 0. The first-order valence-electron chi connectivity index (χ1n) is 8.66. The number of fused-ring (bicyclic) bond motifs is 1. The van der Waals surface area contributed by atoms with Crippen molar-refractivity contribution in [2.45, 2.75) is 17.7 Å². The van der Waals surface area contributed by atoms with Crippen LogP contribution < -0.4 is 11.1 Å². The summed E-state index contributed by atoms with van der Waals surface area (Å²) in [6.45, 7) is 1.14. The zero-order valence-corrected chi connectivity index (χ0v) is 15.3. The highest BCUT2D eigenvalue weighted by molar-refractivity contribution is 7.90. The third kappa shape index (κ3) is 3.37. The van der Waals surface area contributed by atoms with Crippen LogP contribution in [0.1, 0.15) is 18.4 Å². The van der Waals surface area contributed by atoms with E-state index in [-0.39, 0.29) is 16.7 Å². The molecular weight excluding hydrogens is 366 g/mol. The number of nitrogen functional groups attached to an aromatic ring is 1. The van der Waals surface area contributed by atoms with E-state index in [1.54, 1.807) is 36.4 Å². The Hall–Kier alpha value is -2.94. The second-order valence-corrected chi connectivity index (χ2v) is 8.18. The fourth-order valence-electron chi connectivity index (χ4n) is 3.39. The Bertz CT molecular complexity index is 1010. The molecule has 0 spiro atoms. The van der Waals surface area contributed by atoms with Crippen LogP contribution >= 0.6 is 0 Å². The van der Waals surface area contributed by atoms with Gasteiger partial charge in [0.05, 0.1) is 11.9 Å². The van der Waals surface area contributed by atoms with Gasteiger partial charge in [-0.05, 0) is 37.1 Å². The second kappa shape index (κ2) is 6.66. The summed E-state index contributed by atoms with van der Waals surface area (Å²) in [4.78, 5) is 18.6. The third-order valence-corrected chi connectivity index (χ3v) is 6.16. The van der Waals surface area contributed by atoms with Gasteiger partial charge in [0.1, 0.15) is 10.7 Å². The molecule has 8 nitrogen and oxygen atoms in total. The fraction of sp³-hybridized carbons (Fsp3) is 0.278. The van der Waals surface area contributed by atoms with E-state index in [4.69, 9.17) is 5.73 Å². The molecule has 0 unspecified atom stereocenters. The molecule has 3 heterocycles. The van der Waals surface area contributed by atoms with E-state index in [1.165, 1.54) is 6.20 Å². The molecule has 140 valence electrons. The molecule has 0 saturated carbocycles. The third-order valence-electron chi connectivity index (χ3n) is 4.83. The SMILES string of the molecule is Nc1ccc(NC(=O)C2CCN(C3=NS(=O)(=O)c4ccccc43)CC2)cn1. The van der Waals surface area contributed by atoms with Crippen molar-refractivity contribution in [3.05, 3.63) is 48.2 Å². The predicted octanol–water partition coefficient (Wildman–Crippen LogP) is 1.46. The molecule has 1 aromatic heterocycles. The molecule has 4 rings (SSSR count). The molecule has 3 N–H and O–H groups in total. The number of hydrogen-bond acceptors (Lipinski definition) is 6. The molecule has 2 aromatic rings. The Balaban J connectivity index is 1.42. The van der Waals surface area contributed by atoms with Crippen molar-refractivity contribution in [3.8, 4) is 0 Å². The Labute approximate surface area is 157 Å². The van der Waals surface area contributed by atoms with Gasteiger partial charge < -0.3 is 16.0 Å². The highest BCUT2D eigenvalue weighted by Crippen LogP contribution is 2.29. The largest absolute Gasteiger partial charge is 0.384 e. The van der Waals surface area contributed by atoms with Crippen LogP contribution in [0, 0.1) is 5.92 Å². The van der Waals surface area contributed by atoms with Crippen molar-refractivity contribution in [1.29, 1.82) is 0 Å². The van der Waals surface area contributed by atoms with Gasteiger partial charge in [0.2, 0.25) is 5.91 Å². The van der Waals surface area contributed by atoms with Crippen LogP contribution in [-0.2, 0) is 14.8 Å². The summed E-state index contributed by atoms with van der Waals surface area (Å²) in [5.41, 5.74) is 6.79. The quantitative estimate of drug-likeness (QED) is 0.808. The Morgan fingerprint density at radius 1 is 1.15 bits per heavy atom. The minimum Gasteiger partial charge on any atom is -0.384 e. The number of carbonyl (C=O) groups is 1. The van der Waals surface area contributed by atoms with Gasteiger partial charge in [0.25, 0.3) is 10.0 Å². The Morgan fingerprint density at radius 2 is 1.89 bits per heavy atom. The molecule has 1 amide bonds. The lowest BCUT2D eigenvalue weighted by atomic mass is 9.95. The number of benzene rings is 1. The summed E-state index contributed by atoms with van der Waals surface area (Å²) in [6, 6.07) is 10.2. The van der Waals surface area contributed by atoms with Crippen molar-refractivity contribution in [3.63, 3.8) is 0 Å². The number of hydrogen-bond donors (Lipinski definition) is 2. The first kappa shape index (κ1) is 17.5. The van der Waals surface area contributed by atoms with Crippen LogP contribution in [0.2, 0.25) is 0 Å². The Morgan fingerprint density at radius 3 is 2.59 bits per heavy atom. The number of pyridine rings is 1. The molecule has 0 aliphatic carbocycles. The lowest BCUT2D eigenvalue weighted by Crippen LogP contribution is -2.41. The number of sulfonamides is 1. The minimum atomic E-state index is -3.63. The van der Waals surface area contributed by atoms with E-state index in [0.717, 1.165) is 0 Å². The van der Waals surface area contributed by atoms with Crippen LogP contribution in [0.25, 0.3) is 0 Å². The number of amidine groups is 1. The molecule has 1 aromatic carbocycles. The average molecular weight is 385 g/mol. The number of amides is 1. The molecular formula is C18H19N5O3S. The zero-order chi connectivity index (χ0) is 19.0. The van der Waals surface area contributed by atoms with Crippen LogP contribution in [0.5, 0.6) is 0 Å². The number of nitrogens with one attached hydrogen (secondary N) is 1. The van der Waals surface area contributed by atoms with Crippen LogP contribution in [0.4, 0.5) is 11.5 Å². The number of rotatable bonds is 2. The summed E-state index contributed by atoms with van der Waals surface area (Å²) in [5.74, 6) is 0.663. The number of carbonyl (C=O) groups excluding carboxylic acids is 1. The normalized spacial score (nSPS) is 18.7. The minimum absolute atomic E-state index is 0.0670. The topological polar surface area (TPSA) is 118 Å². The first-order chi connectivity index (χ1) is 12.9. The van der Waals surface area contributed by atoms with Crippen molar-refractivity contribution in [2.24, 2.45) is 10.3 Å². The Kier molecular flexibility index (Phi) is 4.31. The molecule has 1 saturated heterocycles. The highest BCUT2D eigenvalue weighted by Gasteiger charge is 2.34. The smallest absolute Gasteiger partial charge is 0.285 e. The van der Waals surface area contributed by atoms with Crippen LogP contribution in [0.3, 0.4) is 0 Å². The lowest BCUT2D eigenvalue weighted by molar-refractivity contribution is -0.120. The van der Waals surface area contributed by atoms with Gasteiger partial charge >= 0.3 is 0 Å². The van der Waals surface area contributed by atoms with Gasteiger partial charge in [-0.15, -0.1) is 4.40 Å². The fourth-order valence-corrected chi connectivity index (χ4v) is 4.62. The van der Waals surface area contributed by atoms with Crippen LogP contribution in [-0.4, -0.2) is 43.1 Å². The standard InChI is InChI=1S/C18H19N5O3S/c19-16-6-5-13(11-20-16)21-18(24)12-7-9-23(10-8-12)17-14-3-1-2-4-15(14)27(25,26)22-17/h1-6,11-12H,7-10H2,(H2,19,20)(H,21,24). The van der Waals surface area contributed by atoms with E-state index in [0.29, 0.717) is 48.8 Å². The number of nitrogens with two attached hydrogens (primary N) is 1. The van der Waals surface area contributed by atoms with Gasteiger partial charge in [-0.25, -0.2) is 4.98 Å². The van der Waals surface area contributed by atoms with E-state index >= 15 is 0 Å². The monoisotopic (exact) mass is 385 g/mol. The molecule has 0 atom stereocenters. The van der Waals surface area contributed by atoms with Gasteiger partial charge in [-0.2, -0.15) is 8.42 Å². The number of anilines is 2. The highest BCUT2D eigenvalue weighted by atomic mass is 32.2. The summed E-state index contributed by atoms with van der Waals surface area (Å²) < 4.78 is 28.4. The van der Waals surface area contributed by atoms with Gasteiger partial charge in [-0.1, -0.05) is 12.1 Å². The van der Waals surface area contributed by atoms with E-state index in [9.17, 15) is 13.2 Å². The van der Waals surface area contributed by atoms with Crippen molar-refractivity contribution in [2.75, 3.05) is 24.1 Å². The summed E-state index contributed by atoms with van der Waals surface area (Å²) in [6.07, 6.45) is 2.77. The number of likely N-dealkylation sites (tertiary alicyclic amines) is 1. The van der Waals surface area contributed by atoms with Crippen molar-refractivity contribution in [1.82, 2.24) is 9.88 Å². The van der Waals surface area contributed by atoms with Crippen molar-refractivity contribution >= 4 is 33.3 Å². The van der Waals surface area contributed by atoms with Crippen LogP contribution in [0.15, 0.2) is 51.9 Å². The molecule has 0 radical (unpaired) electrons. The molecule has 1 fully saturated rings. The van der Waals surface area contributed by atoms with Gasteiger partial charge in [-0.3, -0.25) is 4.79 Å². The van der Waals surface area contributed by atoms with E-state index < -0.39 is 10.0 Å². The summed E-state index contributed by atoms with van der Waals surface area (Å²) in [7, 11) is -3.63. The van der Waals surface area contributed by atoms with Crippen molar-refractivity contribution < 1.29 is 13.2 Å². The van der Waals surface area contributed by atoms with E-state index in [2.05, 4.69) is 14.7 Å². The maximum Gasteiger partial charge on any atom is 0.285 e. The number of piperidine rings is 1. The van der Waals surface area contributed by atoms with Gasteiger partial charge in [0.15, 0.2) is 5.84 Å². The maximum absolute atomic E-state index is 12.5. The van der Waals surface area contributed by atoms with Gasteiger partial charge in [0, 0.05) is 24.6 Å². The number of nitrogens with zero attached hydrogens (tertiary/aromatic N) is 3. The average Bonchev–Trinajstić information content (AvgIpc) is 2.95. The molecule has 2 aliphatic heterocycles. The molecule has 9 heteroatoms. The zero-order valence-electron chi connectivity index (χ0n) is 14.5. The summed E-state index contributed by atoms with van der Waals surface area (Å²) in [5, 5.41) is 2.85. The second-order valence-electron chi connectivity index (χ2n) is 6.61. The first-order valence-corrected chi connectivity index (χ1v) is 10.1. The molecule has 27 heavy (non-hydrogen) atoms. The lowest BCUT2D eigenvalue weighted by Gasteiger charge is -2.32. The predicted molar refractivity (Wildman–Crippen MR) is 102 cm³/mol.